The van der Waals surface area contributed by atoms with Gasteiger partial charge in [-0.05, 0) is 0 Å². The number of carboxylic acid groups (broad SMARTS) is 1. The largest absolute Gasteiger partial charge is 0.475 e. The Labute approximate surface area is 69.9 Å². The van der Waals surface area contributed by atoms with E-state index >= 15 is 0 Å². The normalized spacial score (nSPS) is 9.30. The summed E-state index contributed by atoms with van der Waals surface area (Å²) in [6.07, 6.45) is 0. The van der Waals surface area contributed by atoms with E-state index in [1.807, 2.05) is 22.9 Å². The molecule has 0 saturated heterocycles. The van der Waals surface area contributed by atoms with Gasteiger partial charge in [0.1, 0.15) is 0 Å². The van der Waals surface area contributed by atoms with E-state index in [-0.39, 0.29) is 5.76 Å². The van der Waals surface area contributed by atoms with Gasteiger partial charge in [0.05, 0.1) is 22.9 Å². The average Bonchev–Trinajstić information content (AvgIpc) is 2.34. The van der Waals surface area contributed by atoms with E-state index in [0.29, 0.717) is 5.82 Å². The van der Waals surface area contributed by atoms with Crippen LogP contribution >= 0.6 is 22.9 Å². The predicted molar refractivity (Wildman–Crippen MR) is 41.1 cm³/mol. The van der Waals surface area contributed by atoms with E-state index < -0.39 is 5.97 Å². The minimum atomic E-state index is -1.12. The van der Waals surface area contributed by atoms with Crippen molar-refractivity contribution >= 4 is 34.7 Å². The number of aromatic nitrogens is 1. The zero-order valence-electron chi connectivity index (χ0n) is 4.67. The van der Waals surface area contributed by atoms with Crippen LogP contribution in [0.2, 0.25) is 0 Å². The van der Waals surface area contributed by atoms with Crippen molar-refractivity contribution < 1.29 is 14.4 Å². The molecule has 6 heteroatoms. The number of carboxylic acids is 1. The summed E-state index contributed by atoms with van der Waals surface area (Å²) in [4.78, 5) is 10.2. The molecular weight excluding hydrogens is 251 g/mol. The molecule has 0 spiro atoms. The van der Waals surface area contributed by atoms with Crippen LogP contribution in [-0.4, -0.2) is 16.2 Å². The Kier molecular flexibility index (Phi) is 2.10. The summed E-state index contributed by atoms with van der Waals surface area (Å²) in [6.45, 7) is 0. The van der Waals surface area contributed by atoms with Crippen molar-refractivity contribution in [1.82, 2.24) is 5.16 Å². The molecule has 0 aliphatic carbocycles. The monoisotopic (exact) mass is 254 g/mol. The molecule has 0 unspecified atom stereocenters. The smallest absolute Gasteiger partial charge is 0.374 e. The molecule has 0 aromatic carbocycles. The van der Waals surface area contributed by atoms with Gasteiger partial charge in [0.25, 0.3) is 0 Å². The summed E-state index contributed by atoms with van der Waals surface area (Å²) in [6, 6.07) is 1.30. The molecule has 10 heavy (non-hydrogen) atoms. The van der Waals surface area contributed by atoms with Gasteiger partial charge in [0, 0.05) is 6.07 Å². The Hall–Kier alpha value is -0.790. The molecule has 1 heterocycles. The highest BCUT2D eigenvalue weighted by Crippen LogP contribution is 2.09. The summed E-state index contributed by atoms with van der Waals surface area (Å²) in [7, 11) is 0. The fourth-order valence-corrected chi connectivity index (χ4v) is 0.675. The van der Waals surface area contributed by atoms with Crippen LogP contribution in [0.15, 0.2) is 10.6 Å². The van der Waals surface area contributed by atoms with Crippen molar-refractivity contribution in [3.63, 3.8) is 0 Å². The fourth-order valence-electron chi connectivity index (χ4n) is 0.421. The molecule has 0 fully saturated rings. The maximum Gasteiger partial charge on any atom is 0.374 e. The first-order chi connectivity index (χ1) is 4.74. The van der Waals surface area contributed by atoms with E-state index in [1.54, 1.807) is 0 Å². The standard InChI is InChI=1S/C4H3IN2O3/c5-6-3-1-2(4(8)9)10-7-3/h1H,(H,6,7)(H,8,9). The first kappa shape index (κ1) is 7.32. The Morgan fingerprint density at radius 3 is 2.90 bits per heavy atom. The molecule has 0 bridgehead atoms. The van der Waals surface area contributed by atoms with Crippen LogP contribution in [-0.2, 0) is 0 Å². The lowest BCUT2D eigenvalue weighted by atomic mass is 10.4. The first-order valence-corrected chi connectivity index (χ1v) is 3.38. The minimum Gasteiger partial charge on any atom is -0.475 e. The Bertz CT molecular complexity index is 246. The Morgan fingerprint density at radius 2 is 2.60 bits per heavy atom. The van der Waals surface area contributed by atoms with Gasteiger partial charge in [-0.2, -0.15) is 0 Å². The number of aromatic carboxylic acids is 1. The van der Waals surface area contributed by atoms with Crippen molar-refractivity contribution in [2.75, 3.05) is 3.53 Å². The molecule has 0 atom stereocenters. The highest BCUT2D eigenvalue weighted by atomic mass is 127. The number of rotatable bonds is 2. The van der Waals surface area contributed by atoms with E-state index in [2.05, 4.69) is 13.2 Å². The second kappa shape index (κ2) is 2.86. The molecular formula is C4H3IN2O3. The topological polar surface area (TPSA) is 75.4 Å². The van der Waals surface area contributed by atoms with E-state index in [9.17, 15) is 4.79 Å². The molecule has 0 radical (unpaired) electrons. The first-order valence-electron chi connectivity index (χ1n) is 2.30. The maximum absolute atomic E-state index is 10.2. The van der Waals surface area contributed by atoms with Crippen LogP contribution in [0.25, 0.3) is 0 Å². The lowest BCUT2D eigenvalue weighted by molar-refractivity contribution is 0.0652. The van der Waals surface area contributed by atoms with Gasteiger partial charge in [-0.3, -0.25) is 0 Å². The van der Waals surface area contributed by atoms with Gasteiger partial charge < -0.3 is 13.2 Å². The zero-order valence-corrected chi connectivity index (χ0v) is 6.82. The molecule has 1 aromatic rings. The van der Waals surface area contributed by atoms with E-state index in [0.717, 1.165) is 0 Å². The maximum atomic E-state index is 10.2. The second-order valence-corrected chi connectivity index (χ2v) is 2.02. The van der Waals surface area contributed by atoms with E-state index in [4.69, 9.17) is 5.11 Å². The Morgan fingerprint density at radius 1 is 1.90 bits per heavy atom. The van der Waals surface area contributed by atoms with Crippen molar-refractivity contribution in [1.29, 1.82) is 0 Å². The summed E-state index contributed by atoms with van der Waals surface area (Å²) in [5, 5.41) is 11.7. The highest BCUT2D eigenvalue weighted by Gasteiger charge is 2.09. The summed E-state index contributed by atoms with van der Waals surface area (Å²) < 4.78 is 7.00. The van der Waals surface area contributed by atoms with Gasteiger partial charge in [-0.1, -0.05) is 5.16 Å². The third-order valence-electron chi connectivity index (χ3n) is 0.818. The van der Waals surface area contributed by atoms with E-state index in [1.165, 1.54) is 6.07 Å². The summed E-state index contributed by atoms with van der Waals surface area (Å²) in [5.41, 5.74) is 0. The zero-order chi connectivity index (χ0) is 7.56. The third-order valence-corrected chi connectivity index (χ3v) is 1.37. The quantitative estimate of drug-likeness (QED) is 0.611. The summed E-state index contributed by atoms with van der Waals surface area (Å²) >= 11 is 1.82. The molecule has 0 saturated carbocycles. The molecule has 5 nitrogen and oxygen atoms in total. The molecule has 1 aromatic heterocycles. The fraction of sp³-hybridized carbons (Fsp3) is 0. The highest BCUT2D eigenvalue weighted by molar-refractivity contribution is 14.1. The number of anilines is 1. The molecule has 54 valence electrons. The number of hydrogen-bond acceptors (Lipinski definition) is 4. The SMILES string of the molecule is O=C(O)c1cc(NI)no1. The molecule has 0 aliphatic heterocycles. The van der Waals surface area contributed by atoms with Gasteiger partial charge >= 0.3 is 5.97 Å². The Balaban J connectivity index is 2.88. The van der Waals surface area contributed by atoms with Crippen molar-refractivity contribution in [3.05, 3.63) is 11.8 Å². The number of nitrogens with zero attached hydrogens (tertiary/aromatic N) is 1. The van der Waals surface area contributed by atoms with Crippen molar-refractivity contribution in [2.24, 2.45) is 0 Å². The number of halogens is 1. The average molecular weight is 254 g/mol. The summed E-state index contributed by atoms with van der Waals surface area (Å²) in [5.74, 6) is -0.887. The number of hydrogen-bond donors (Lipinski definition) is 2. The van der Waals surface area contributed by atoms with Crippen LogP contribution in [0, 0.1) is 0 Å². The van der Waals surface area contributed by atoms with Gasteiger partial charge in [-0.15, -0.1) is 0 Å². The lowest BCUT2D eigenvalue weighted by Crippen LogP contribution is -1.91. The van der Waals surface area contributed by atoms with Crippen LogP contribution in [0.1, 0.15) is 10.6 Å². The van der Waals surface area contributed by atoms with Crippen molar-refractivity contribution in [2.45, 2.75) is 0 Å². The van der Waals surface area contributed by atoms with Gasteiger partial charge in [0.15, 0.2) is 5.82 Å². The molecule has 0 amide bonds. The molecule has 1 rings (SSSR count). The van der Waals surface area contributed by atoms with Crippen LogP contribution in [0.3, 0.4) is 0 Å². The minimum absolute atomic E-state index is 0.167. The second-order valence-electron chi connectivity index (χ2n) is 1.48. The molecule has 2 N–H and O–H groups in total. The number of nitrogens with one attached hydrogen (secondary N) is 1. The third kappa shape index (κ3) is 1.38. The van der Waals surface area contributed by atoms with Crippen molar-refractivity contribution in [3.8, 4) is 0 Å². The lowest BCUT2D eigenvalue weighted by Gasteiger charge is -1.80. The van der Waals surface area contributed by atoms with Gasteiger partial charge in [0.2, 0.25) is 5.76 Å². The van der Waals surface area contributed by atoms with Gasteiger partial charge in [-0.25, -0.2) is 4.79 Å². The van der Waals surface area contributed by atoms with Crippen LogP contribution in [0.5, 0.6) is 0 Å². The van der Waals surface area contributed by atoms with Crippen LogP contribution in [0.4, 0.5) is 5.82 Å². The molecule has 0 aliphatic rings. The number of carbonyl (C=O) groups is 1. The predicted octanol–water partition coefficient (Wildman–Crippen LogP) is 1.13. The van der Waals surface area contributed by atoms with Crippen LogP contribution < -0.4 is 3.53 Å².